The number of benzene rings is 2. The largest absolute Gasteiger partial charge is 0.496 e. The first-order chi connectivity index (χ1) is 13.0. The molecule has 0 bridgehead atoms. The van der Waals surface area contributed by atoms with Crippen molar-refractivity contribution in [2.24, 2.45) is 4.99 Å². The number of methoxy groups -OCH3 is 2. The quantitative estimate of drug-likeness (QED) is 0.779. The molecule has 6 heteroatoms. The van der Waals surface area contributed by atoms with Crippen LogP contribution in [0.25, 0.3) is 0 Å². The molecule has 27 heavy (non-hydrogen) atoms. The molecule has 0 saturated carbocycles. The summed E-state index contributed by atoms with van der Waals surface area (Å²) >= 11 is 0. The molecule has 0 unspecified atom stereocenters. The van der Waals surface area contributed by atoms with Crippen molar-refractivity contribution in [1.29, 1.82) is 0 Å². The van der Waals surface area contributed by atoms with Gasteiger partial charge in [0.1, 0.15) is 11.5 Å². The van der Waals surface area contributed by atoms with Gasteiger partial charge in [-0.15, -0.1) is 0 Å². The minimum absolute atomic E-state index is 0.251. The van der Waals surface area contributed by atoms with Crippen LogP contribution in [0.2, 0.25) is 0 Å². The molecular weight excluding hydrogens is 344 g/mol. The molecule has 1 aliphatic rings. The lowest BCUT2D eigenvalue weighted by Crippen LogP contribution is -2.18. The van der Waals surface area contributed by atoms with Crippen molar-refractivity contribution in [3.05, 3.63) is 47.0 Å². The van der Waals surface area contributed by atoms with Crippen LogP contribution in [-0.4, -0.2) is 44.6 Å². The Balaban J connectivity index is 1.94. The van der Waals surface area contributed by atoms with E-state index in [2.05, 4.69) is 9.89 Å². The van der Waals surface area contributed by atoms with E-state index in [1.54, 1.807) is 38.6 Å². The molecule has 0 amide bonds. The van der Waals surface area contributed by atoms with Gasteiger partial charge in [-0.3, -0.25) is 4.99 Å². The van der Waals surface area contributed by atoms with Crippen LogP contribution in [0.4, 0.5) is 11.4 Å². The maximum Gasteiger partial charge on any atom is 0.335 e. The first-order valence-electron chi connectivity index (χ1n) is 8.92. The Morgan fingerprint density at radius 1 is 1.11 bits per heavy atom. The molecule has 0 spiro atoms. The summed E-state index contributed by atoms with van der Waals surface area (Å²) in [4.78, 5) is 17.9. The van der Waals surface area contributed by atoms with Crippen molar-refractivity contribution in [3.63, 3.8) is 0 Å². The summed E-state index contributed by atoms with van der Waals surface area (Å²) in [6, 6.07) is 8.79. The fourth-order valence-electron chi connectivity index (χ4n) is 3.28. The van der Waals surface area contributed by atoms with Gasteiger partial charge in [0.2, 0.25) is 0 Å². The van der Waals surface area contributed by atoms with Gasteiger partial charge in [0.05, 0.1) is 31.2 Å². The Morgan fingerprint density at radius 3 is 2.41 bits per heavy atom. The summed E-state index contributed by atoms with van der Waals surface area (Å²) in [6.45, 7) is 3.87. The Hall–Kier alpha value is -3.02. The minimum atomic E-state index is -0.947. The van der Waals surface area contributed by atoms with E-state index in [9.17, 15) is 4.79 Å². The van der Waals surface area contributed by atoms with E-state index in [1.165, 1.54) is 12.8 Å². The average molecular weight is 368 g/mol. The molecule has 1 N–H and O–H groups in total. The van der Waals surface area contributed by atoms with Crippen LogP contribution >= 0.6 is 0 Å². The number of aromatic carboxylic acids is 1. The molecular formula is C21H24N2O4. The van der Waals surface area contributed by atoms with E-state index in [0.29, 0.717) is 5.69 Å². The van der Waals surface area contributed by atoms with Crippen LogP contribution in [0.15, 0.2) is 35.3 Å². The zero-order valence-corrected chi connectivity index (χ0v) is 15.9. The van der Waals surface area contributed by atoms with Crippen LogP contribution in [0.1, 0.15) is 34.3 Å². The van der Waals surface area contributed by atoms with E-state index in [0.717, 1.165) is 41.4 Å². The summed E-state index contributed by atoms with van der Waals surface area (Å²) < 4.78 is 11.2. The molecule has 142 valence electrons. The summed E-state index contributed by atoms with van der Waals surface area (Å²) in [5.74, 6) is 0.566. The number of hydrogen-bond acceptors (Lipinski definition) is 5. The number of nitrogens with zero attached hydrogens (tertiary/aromatic N) is 2. The SMILES string of the molecule is COc1cc(N2CCCC2)c(OC)cc1C=Nc1ccc(C(=O)O)cc1C. The third-order valence-corrected chi connectivity index (χ3v) is 4.76. The second-order valence-electron chi connectivity index (χ2n) is 6.52. The van der Waals surface area contributed by atoms with E-state index >= 15 is 0 Å². The zero-order chi connectivity index (χ0) is 19.4. The molecule has 1 aliphatic heterocycles. The highest BCUT2D eigenvalue weighted by atomic mass is 16.5. The first kappa shape index (κ1) is 18.8. The first-order valence-corrected chi connectivity index (χ1v) is 8.92. The number of hydrogen-bond donors (Lipinski definition) is 1. The third kappa shape index (κ3) is 4.05. The van der Waals surface area contributed by atoms with Gasteiger partial charge in [-0.2, -0.15) is 0 Å². The van der Waals surface area contributed by atoms with Gasteiger partial charge in [0, 0.05) is 30.9 Å². The average Bonchev–Trinajstić information content (AvgIpc) is 3.20. The second-order valence-corrected chi connectivity index (χ2v) is 6.52. The molecule has 0 radical (unpaired) electrons. The Kier molecular flexibility index (Phi) is 5.64. The highest BCUT2D eigenvalue weighted by Crippen LogP contribution is 2.36. The standard InChI is InChI=1S/C21H24N2O4/c1-14-10-15(21(24)25)6-7-17(14)22-13-16-11-20(27-3)18(12-19(16)26-2)23-8-4-5-9-23/h6-7,10-13H,4-5,8-9H2,1-3H3,(H,24,25). The normalized spacial score (nSPS) is 14.0. The number of aryl methyl sites for hydroxylation is 1. The maximum absolute atomic E-state index is 11.1. The van der Waals surface area contributed by atoms with E-state index in [4.69, 9.17) is 14.6 Å². The van der Waals surface area contributed by atoms with E-state index in [1.807, 2.05) is 19.1 Å². The number of ether oxygens (including phenoxy) is 2. The van der Waals surface area contributed by atoms with Gasteiger partial charge >= 0.3 is 5.97 Å². The second kappa shape index (κ2) is 8.12. The van der Waals surface area contributed by atoms with Gasteiger partial charge in [0.15, 0.2) is 0 Å². The van der Waals surface area contributed by atoms with E-state index < -0.39 is 5.97 Å². The number of carbonyl (C=O) groups is 1. The summed E-state index contributed by atoms with van der Waals surface area (Å²) in [5.41, 5.74) is 3.60. The van der Waals surface area contributed by atoms with Crippen molar-refractivity contribution >= 4 is 23.6 Å². The fraction of sp³-hybridized carbons (Fsp3) is 0.333. The lowest BCUT2D eigenvalue weighted by molar-refractivity contribution is 0.0697. The van der Waals surface area contributed by atoms with Crippen LogP contribution in [0.5, 0.6) is 11.5 Å². The van der Waals surface area contributed by atoms with Crippen LogP contribution in [0, 0.1) is 6.92 Å². The van der Waals surface area contributed by atoms with E-state index in [-0.39, 0.29) is 5.56 Å². The van der Waals surface area contributed by atoms with Crippen molar-refractivity contribution in [3.8, 4) is 11.5 Å². The Bertz CT molecular complexity index is 871. The topological polar surface area (TPSA) is 71.4 Å². The molecule has 0 aromatic heterocycles. The van der Waals surface area contributed by atoms with Crippen LogP contribution in [0.3, 0.4) is 0 Å². The van der Waals surface area contributed by atoms with Crippen molar-refractivity contribution < 1.29 is 19.4 Å². The third-order valence-electron chi connectivity index (χ3n) is 4.76. The van der Waals surface area contributed by atoms with Crippen LogP contribution < -0.4 is 14.4 Å². The lowest BCUT2D eigenvalue weighted by Gasteiger charge is -2.22. The molecule has 1 fully saturated rings. The number of anilines is 1. The van der Waals surface area contributed by atoms with Crippen molar-refractivity contribution in [2.45, 2.75) is 19.8 Å². The van der Waals surface area contributed by atoms with Crippen molar-refractivity contribution in [2.75, 3.05) is 32.2 Å². The summed E-state index contributed by atoms with van der Waals surface area (Å²) in [6.07, 6.45) is 4.08. The lowest BCUT2D eigenvalue weighted by atomic mass is 10.1. The molecule has 0 aliphatic carbocycles. The number of rotatable bonds is 6. The number of carboxylic acid groups (broad SMARTS) is 1. The Morgan fingerprint density at radius 2 is 1.81 bits per heavy atom. The Labute approximate surface area is 159 Å². The van der Waals surface area contributed by atoms with Crippen molar-refractivity contribution in [1.82, 2.24) is 0 Å². The minimum Gasteiger partial charge on any atom is -0.496 e. The fourth-order valence-corrected chi connectivity index (χ4v) is 3.28. The zero-order valence-electron chi connectivity index (χ0n) is 15.9. The van der Waals surface area contributed by atoms with Gasteiger partial charge in [-0.05, 0) is 49.6 Å². The number of carboxylic acids is 1. The van der Waals surface area contributed by atoms with Crippen LogP contribution in [-0.2, 0) is 0 Å². The highest BCUT2D eigenvalue weighted by molar-refractivity contribution is 5.90. The van der Waals surface area contributed by atoms with Gasteiger partial charge in [-0.1, -0.05) is 0 Å². The predicted molar refractivity (Wildman–Crippen MR) is 106 cm³/mol. The highest BCUT2D eigenvalue weighted by Gasteiger charge is 2.19. The van der Waals surface area contributed by atoms with Gasteiger partial charge in [0.25, 0.3) is 0 Å². The molecule has 0 atom stereocenters. The molecule has 1 saturated heterocycles. The van der Waals surface area contributed by atoms with Gasteiger partial charge in [-0.25, -0.2) is 4.79 Å². The summed E-state index contributed by atoms with van der Waals surface area (Å²) in [5, 5.41) is 9.08. The monoisotopic (exact) mass is 368 g/mol. The molecule has 3 rings (SSSR count). The molecule has 2 aromatic carbocycles. The predicted octanol–water partition coefficient (Wildman–Crippen LogP) is 4.06. The molecule has 2 aromatic rings. The maximum atomic E-state index is 11.1. The summed E-state index contributed by atoms with van der Waals surface area (Å²) in [7, 11) is 3.30. The molecule has 6 nitrogen and oxygen atoms in total. The smallest absolute Gasteiger partial charge is 0.335 e. The van der Waals surface area contributed by atoms with Gasteiger partial charge < -0.3 is 19.5 Å². The molecule has 1 heterocycles. The number of aliphatic imine (C=N–C) groups is 1.